The molecular formula is C13H18F2N2O. The van der Waals surface area contributed by atoms with Crippen molar-refractivity contribution < 1.29 is 13.5 Å². The molecule has 0 aromatic heterocycles. The van der Waals surface area contributed by atoms with Gasteiger partial charge in [-0.05, 0) is 24.6 Å². The first kappa shape index (κ1) is 13.2. The van der Waals surface area contributed by atoms with Crippen molar-refractivity contribution in [3.63, 3.8) is 0 Å². The monoisotopic (exact) mass is 256 g/mol. The minimum Gasteiger partial charge on any atom is -0.435 e. The maximum absolute atomic E-state index is 12.0. The quantitative estimate of drug-likeness (QED) is 0.892. The van der Waals surface area contributed by atoms with Crippen molar-refractivity contribution in [3.8, 4) is 5.75 Å². The summed E-state index contributed by atoms with van der Waals surface area (Å²) >= 11 is 0. The van der Waals surface area contributed by atoms with Gasteiger partial charge in [0.1, 0.15) is 5.75 Å². The van der Waals surface area contributed by atoms with Gasteiger partial charge in [-0.3, -0.25) is 4.90 Å². The number of nitrogens with one attached hydrogen (secondary N) is 1. The molecule has 1 atom stereocenters. The zero-order valence-corrected chi connectivity index (χ0v) is 10.4. The van der Waals surface area contributed by atoms with Crippen LogP contribution in [0.2, 0.25) is 0 Å². The van der Waals surface area contributed by atoms with E-state index < -0.39 is 6.61 Å². The molecular weight excluding hydrogens is 238 g/mol. The number of halogens is 2. The van der Waals surface area contributed by atoms with Gasteiger partial charge in [-0.15, -0.1) is 0 Å². The summed E-state index contributed by atoms with van der Waals surface area (Å²) in [4.78, 5) is 2.35. The van der Waals surface area contributed by atoms with Crippen molar-refractivity contribution in [2.45, 2.75) is 26.1 Å². The molecule has 1 fully saturated rings. The third kappa shape index (κ3) is 3.92. The second-order valence-corrected chi connectivity index (χ2v) is 4.61. The number of hydrogen-bond donors (Lipinski definition) is 1. The fourth-order valence-corrected chi connectivity index (χ4v) is 2.19. The van der Waals surface area contributed by atoms with E-state index in [-0.39, 0.29) is 5.75 Å². The van der Waals surface area contributed by atoms with Crippen LogP contribution >= 0.6 is 0 Å². The van der Waals surface area contributed by atoms with Crippen LogP contribution in [0.25, 0.3) is 0 Å². The molecule has 18 heavy (non-hydrogen) atoms. The molecule has 5 heteroatoms. The Labute approximate surface area is 106 Å². The molecule has 0 radical (unpaired) electrons. The standard InChI is InChI=1S/C13H18F2N2O/c1-10-8-17(7-6-16-10)9-11-2-4-12(5-3-11)18-13(14)15/h2-5,10,13,16H,6-9H2,1H3. The SMILES string of the molecule is CC1CN(Cc2ccc(OC(F)F)cc2)CCN1. The second kappa shape index (κ2) is 6.11. The third-order valence-electron chi connectivity index (χ3n) is 3.01. The van der Waals surface area contributed by atoms with E-state index in [0.717, 1.165) is 31.7 Å². The summed E-state index contributed by atoms with van der Waals surface area (Å²) in [6.07, 6.45) is 0. The summed E-state index contributed by atoms with van der Waals surface area (Å²) in [5, 5.41) is 3.38. The molecule has 1 aliphatic rings. The van der Waals surface area contributed by atoms with Crippen LogP contribution in [0, 0.1) is 0 Å². The predicted octanol–water partition coefficient (Wildman–Crippen LogP) is 2.08. The normalized spacial score (nSPS) is 21.2. The minimum absolute atomic E-state index is 0.211. The number of ether oxygens (including phenoxy) is 1. The molecule has 1 heterocycles. The number of benzene rings is 1. The van der Waals surface area contributed by atoms with Gasteiger partial charge in [-0.25, -0.2) is 0 Å². The lowest BCUT2D eigenvalue weighted by Gasteiger charge is -2.31. The number of hydrogen-bond acceptors (Lipinski definition) is 3. The molecule has 2 rings (SSSR count). The van der Waals surface area contributed by atoms with Crippen molar-refractivity contribution >= 4 is 0 Å². The van der Waals surface area contributed by atoms with Gasteiger partial charge in [-0.2, -0.15) is 8.78 Å². The number of alkyl halides is 2. The molecule has 0 saturated carbocycles. The van der Waals surface area contributed by atoms with E-state index in [1.807, 2.05) is 12.1 Å². The summed E-state index contributed by atoms with van der Waals surface area (Å²) in [6.45, 7) is 3.26. The average molecular weight is 256 g/mol. The van der Waals surface area contributed by atoms with Crippen LogP contribution in [0.3, 0.4) is 0 Å². The Bertz CT molecular complexity index is 370. The van der Waals surface area contributed by atoms with Gasteiger partial charge >= 0.3 is 6.61 Å². The molecule has 0 aliphatic carbocycles. The van der Waals surface area contributed by atoms with Crippen molar-refractivity contribution in [1.82, 2.24) is 10.2 Å². The molecule has 0 bridgehead atoms. The predicted molar refractivity (Wildman–Crippen MR) is 65.8 cm³/mol. The number of rotatable bonds is 4. The van der Waals surface area contributed by atoms with E-state index in [4.69, 9.17) is 0 Å². The molecule has 0 amide bonds. The zero-order chi connectivity index (χ0) is 13.0. The van der Waals surface area contributed by atoms with Crippen LogP contribution in [0.5, 0.6) is 5.75 Å². The van der Waals surface area contributed by atoms with Gasteiger partial charge in [0.05, 0.1) is 0 Å². The van der Waals surface area contributed by atoms with E-state index in [1.165, 1.54) is 0 Å². The Morgan fingerprint density at radius 2 is 2.11 bits per heavy atom. The molecule has 1 aromatic rings. The van der Waals surface area contributed by atoms with E-state index in [0.29, 0.717) is 6.04 Å². The van der Waals surface area contributed by atoms with Crippen LogP contribution in [0.1, 0.15) is 12.5 Å². The Morgan fingerprint density at radius 3 is 2.72 bits per heavy atom. The number of nitrogens with zero attached hydrogens (tertiary/aromatic N) is 1. The fourth-order valence-electron chi connectivity index (χ4n) is 2.19. The summed E-state index contributed by atoms with van der Waals surface area (Å²) in [6, 6.07) is 7.36. The van der Waals surface area contributed by atoms with Gasteiger partial charge < -0.3 is 10.1 Å². The van der Waals surface area contributed by atoms with Crippen LogP contribution in [-0.4, -0.2) is 37.2 Å². The Kier molecular flexibility index (Phi) is 4.49. The average Bonchev–Trinajstić information content (AvgIpc) is 2.31. The zero-order valence-electron chi connectivity index (χ0n) is 10.4. The minimum atomic E-state index is -2.76. The highest BCUT2D eigenvalue weighted by Gasteiger charge is 2.15. The molecule has 3 nitrogen and oxygen atoms in total. The second-order valence-electron chi connectivity index (χ2n) is 4.61. The maximum Gasteiger partial charge on any atom is 0.387 e. The van der Waals surface area contributed by atoms with E-state index in [9.17, 15) is 8.78 Å². The van der Waals surface area contributed by atoms with Crippen molar-refractivity contribution in [1.29, 1.82) is 0 Å². The molecule has 1 unspecified atom stereocenters. The van der Waals surface area contributed by atoms with Crippen molar-refractivity contribution in [2.24, 2.45) is 0 Å². The maximum atomic E-state index is 12.0. The Morgan fingerprint density at radius 1 is 1.39 bits per heavy atom. The van der Waals surface area contributed by atoms with Gasteiger partial charge in [0, 0.05) is 32.2 Å². The highest BCUT2D eigenvalue weighted by molar-refractivity contribution is 5.27. The highest BCUT2D eigenvalue weighted by Crippen LogP contribution is 2.16. The number of piperazine rings is 1. The molecule has 1 aliphatic heterocycles. The van der Waals surface area contributed by atoms with Crippen LogP contribution < -0.4 is 10.1 Å². The lowest BCUT2D eigenvalue weighted by molar-refractivity contribution is -0.0498. The van der Waals surface area contributed by atoms with Gasteiger partial charge in [-0.1, -0.05) is 12.1 Å². The van der Waals surface area contributed by atoms with Crippen molar-refractivity contribution in [3.05, 3.63) is 29.8 Å². The first-order valence-electron chi connectivity index (χ1n) is 6.13. The van der Waals surface area contributed by atoms with Crippen molar-refractivity contribution in [2.75, 3.05) is 19.6 Å². The topological polar surface area (TPSA) is 24.5 Å². The highest BCUT2D eigenvalue weighted by atomic mass is 19.3. The molecule has 1 N–H and O–H groups in total. The molecule has 1 aromatic carbocycles. The molecule has 0 spiro atoms. The lowest BCUT2D eigenvalue weighted by Crippen LogP contribution is -2.48. The molecule has 1 saturated heterocycles. The first-order valence-corrected chi connectivity index (χ1v) is 6.13. The Balaban J connectivity index is 1.89. The lowest BCUT2D eigenvalue weighted by atomic mass is 10.1. The van der Waals surface area contributed by atoms with Gasteiger partial charge in [0.25, 0.3) is 0 Å². The van der Waals surface area contributed by atoms with Crippen LogP contribution in [0.15, 0.2) is 24.3 Å². The smallest absolute Gasteiger partial charge is 0.387 e. The first-order chi connectivity index (χ1) is 8.63. The summed E-state index contributed by atoms with van der Waals surface area (Å²) in [5.41, 5.74) is 1.12. The summed E-state index contributed by atoms with van der Waals surface area (Å²) < 4.78 is 28.3. The largest absolute Gasteiger partial charge is 0.435 e. The van der Waals surface area contributed by atoms with E-state index in [1.54, 1.807) is 12.1 Å². The van der Waals surface area contributed by atoms with E-state index in [2.05, 4.69) is 21.9 Å². The molecule has 100 valence electrons. The van der Waals surface area contributed by atoms with E-state index >= 15 is 0 Å². The third-order valence-corrected chi connectivity index (χ3v) is 3.01. The Hall–Kier alpha value is -1.20. The van der Waals surface area contributed by atoms with Gasteiger partial charge in [0.2, 0.25) is 0 Å². The fraction of sp³-hybridized carbons (Fsp3) is 0.538. The summed E-state index contributed by atoms with van der Waals surface area (Å²) in [7, 11) is 0. The summed E-state index contributed by atoms with van der Waals surface area (Å²) in [5.74, 6) is 0.211. The van der Waals surface area contributed by atoms with Crippen LogP contribution in [0.4, 0.5) is 8.78 Å². The van der Waals surface area contributed by atoms with Gasteiger partial charge in [0.15, 0.2) is 0 Å². The van der Waals surface area contributed by atoms with Crippen LogP contribution in [-0.2, 0) is 6.54 Å².